The van der Waals surface area contributed by atoms with Crippen LogP contribution < -0.4 is 5.32 Å². The third-order valence-corrected chi connectivity index (χ3v) is 3.01. The van der Waals surface area contributed by atoms with Gasteiger partial charge in [0.2, 0.25) is 0 Å². The summed E-state index contributed by atoms with van der Waals surface area (Å²) in [4.78, 5) is 11.1. The number of carbonyl (C=O) groups is 1. The van der Waals surface area contributed by atoms with Crippen LogP contribution in [0.15, 0.2) is 0 Å². The van der Waals surface area contributed by atoms with E-state index in [-0.39, 0.29) is 12.6 Å². The van der Waals surface area contributed by atoms with E-state index in [0.29, 0.717) is 25.0 Å². The lowest BCUT2D eigenvalue weighted by Gasteiger charge is -2.21. The number of unbranched alkanes of at least 4 members (excludes halogenated alkanes) is 2. The van der Waals surface area contributed by atoms with Gasteiger partial charge >= 0.3 is 5.97 Å². The van der Waals surface area contributed by atoms with Crippen LogP contribution in [0.4, 0.5) is 0 Å². The van der Waals surface area contributed by atoms with Crippen LogP contribution >= 0.6 is 0 Å². The van der Waals surface area contributed by atoms with Gasteiger partial charge in [0.15, 0.2) is 0 Å². The average Bonchev–Trinajstić information content (AvgIpc) is 2.32. The highest BCUT2D eigenvalue weighted by Crippen LogP contribution is 2.06. The van der Waals surface area contributed by atoms with Crippen LogP contribution in [0, 0.1) is 5.92 Å². The number of aliphatic hydroxyl groups excluding tert-OH is 1. The van der Waals surface area contributed by atoms with Crippen LogP contribution in [0.3, 0.4) is 0 Å². The first-order chi connectivity index (χ1) is 8.61. The van der Waals surface area contributed by atoms with E-state index in [4.69, 9.17) is 9.84 Å². The smallest absolute Gasteiger partial charge is 0.305 e. The second kappa shape index (κ2) is 11.5. The highest BCUT2D eigenvalue weighted by molar-refractivity contribution is 5.69. The fourth-order valence-electron chi connectivity index (χ4n) is 1.90. The van der Waals surface area contributed by atoms with Crippen molar-refractivity contribution in [2.24, 2.45) is 5.92 Å². The van der Waals surface area contributed by atoms with Crippen LogP contribution in [0.25, 0.3) is 0 Å². The standard InChI is InChI=1S/C14H29NO3/c1-4-18-14(17)8-6-5-7-10-15-13(9-11-16)12(2)3/h12-13,15-16H,4-11H2,1-3H3. The minimum absolute atomic E-state index is 0.0919. The third kappa shape index (κ3) is 9.42. The number of nitrogens with one attached hydrogen (secondary N) is 1. The molecule has 0 fully saturated rings. The lowest BCUT2D eigenvalue weighted by molar-refractivity contribution is -0.143. The molecule has 0 aromatic rings. The van der Waals surface area contributed by atoms with Crippen molar-refractivity contribution in [3.63, 3.8) is 0 Å². The topological polar surface area (TPSA) is 58.6 Å². The molecular weight excluding hydrogens is 230 g/mol. The number of esters is 1. The Kier molecular flexibility index (Phi) is 11.1. The fourth-order valence-corrected chi connectivity index (χ4v) is 1.90. The van der Waals surface area contributed by atoms with E-state index >= 15 is 0 Å². The van der Waals surface area contributed by atoms with E-state index in [1.807, 2.05) is 6.92 Å². The van der Waals surface area contributed by atoms with Crippen LogP contribution in [0.2, 0.25) is 0 Å². The van der Waals surface area contributed by atoms with E-state index in [9.17, 15) is 4.79 Å². The van der Waals surface area contributed by atoms with Gasteiger partial charge in [0, 0.05) is 19.1 Å². The molecule has 2 N–H and O–H groups in total. The van der Waals surface area contributed by atoms with Crippen molar-refractivity contribution in [1.29, 1.82) is 0 Å². The molecule has 0 saturated carbocycles. The monoisotopic (exact) mass is 259 g/mol. The number of carbonyl (C=O) groups excluding carboxylic acids is 1. The second-order valence-electron chi connectivity index (χ2n) is 4.93. The quantitative estimate of drug-likeness (QED) is 0.441. The molecule has 0 rings (SSSR count). The molecule has 0 aliphatic carbocycles. The Labute approximate surface area is 111 Å². The maximum Gasteiger partial charge on any atom is 0.305 e. The zero-order valence-electron chi connectivity index (χ0n) is 12.1. The van der Waals surface area contributed by atoms with Gasteiger partial charge in [-0.25, -0.2) is 0 Å². The van der Waals surface area contributed by atoms with E-state index in [0.717, 1.165) is 32.2 Å². The molecule has 0 aromatic heterocycles. The fraction of sp³-hybridized carbons (Fsp3) is 0.929. The summed E-state index contributed by atoms with van der Waals surface area (Å²) in [6, 6.07) is 0.389. The Hall–Kier alpha value is -0.610. The predicted molar refractivity (Wildman–Crippen MR) is 73.4 cm³/mol. The number of ether oxygens (including phenoxy) is 1. The lowest BCUT2D eigenvalue weighted by Crippen LogP contribution is -2.35. The first kappa shape index (κ1) is 17.4. The number of hydrogen-bond donors (Lipinski definition) is 2. The molecular formula is C14H29NO3. The molecule has 4 nitrogen and oxygen atoms in total. The summed E-state index contributed by atoms with van der Waals surface area (Å²) in [7, 11) is 0. The highest BCUT2D eigenvalue weighted by Gasteiger charge is 2.11. The molecule has 0 aliphatic heterocycles. The molecule has 0 aliphatic rings. The predicted octanol–water partition coefficient (Wildman–Crippen LogP) is 2.11. The van der Waals surface area contributed by atoms with Crippen molar-refractivity contribution in [3.05, 3.63) is 0 Å². The Morgan fingerprint density at radius 2 is 2.00 bits per heavy atom. The zero-order chi connectivity index (χ0) is 13.8. The zero-order valence-corrected chi connectivity index (χ0v) is 12.1. The Morgan fingerprint density at radius 1 is 1.28 bits per heavy atom. The van der Waals surface area contributed by atoms with Gasteiger partial charge in [0.1, 0.15) is 0 Å². The van der Waals surface area contributed by atoms with Gasteiger partial charge in [0.05, 0.1) is 6.61 Å². The van der Waals surface area contributed by atoms with Crippen LogP contribution in [0.5, 0.6) is 0 Å². The highest BCUT2D eigenvalue weighted by atomic mass is 16.5. The van der Waals surface area contributed by atoms with Gasteiger partial charge in [-0.3, -0.25) is 4.79 Å². The van der Waals surface area contributed by atoms with Crippen molar-refractivity contribution in [2.45, 2.75) is 58.9 Å². The van der Waals surface area contributed by atoms with Crippen LogP contribution in [0.1, 0.15) is 52.9 Å². The molecule has 4 heteroatoms. The first-order valence-electron chi connectivity index (χ1n) is 7.11. The van der Waals surface area contributed by atoms with Crippen molar-refractivity contribution in [2.75, 3.05) is 19.8 Å². The molecule has 1 atom stereocenters. The van der Waals surface area contributed by atoms with Gasteiger partial charge in [0.25, 0.3) is 0 Å². The van der Waals surface area contributed by atoms with Gasteiger partial charge in [-0.2, -0.15) is 0 Å². The minimum atomic E-state index is -0.0919. The Morgan fingerprint density at radius 3 is 2.56 bits per heavy atom. The van der Waals surface area contributed by atoms with Crippen LogP contribution in [-0.4, -0.2) is 36.9 Å². The second-order valence-corrected chi connectivity index (χ2v) is 4.93. The summed E-state index contributed by atoms with van der Waals surface area (Å²) in [6.07, 6.45) is 4.33. The molecule has 0 amide bonds. The largest absolute Gasteiger partial charge is 0.466 e. The number of rotatable bonds is 11. The summed E-state index contributed by atoms with van der Waals surface area (Å²) in [5.41, 5.74) is 0. The van der Waals surface area contributed by atoms with Crippen molar-refractivity contribution in [1.82, 2.24) is 5.32 Å². The normalized spacial score (nSPS) is 12.7. The molecule has 0 radical (unpaired) electrons. The summed E-state index contributed by atoms with van der Waals surface area (Å²) in [5, 5.41) is 12.4. The van der Waals surface area contributed by atoms with Crippen molar-refractivity contribution < 1.29 is 14.6 Å². The van der Waals surface area contributed by atoms with E-state index in [1.165, 1.54) is 0 Å². The maximum absolute atomic E-state index is 11.1. The minimum Gasteiger partial charge on any atom is -0.466 e. The molecule has 108 valence electrons. The summed E-state index contributed by atoms with van der Waals surface area (Å²) >= 11 is 0. The molecule has 0 spiro atoms. The summed E-state index contributed by atoms with van der Waals surface area (Å²) in [5.74, 6) is 0.447. The van der Waals surface area contributed by atoms with E-state index in [1.54, 1.807) is 0 Å². The van der Waals surface area contributed by atoms with E-state index < -0.39 is 0 Å². The van der Waals surface area contributed by atoms with Crippen LogP contribution in [-0.2, 0) is 9.53 Å². The maximum atomic E-state index is 11.1. The SMILES string of the molecule is CCOC(=O)CCCCCNC(CCO)C(C)C. The summed E-state index contributed by atoms with van der Waals surface area (Å²) in [6.45, 7) is 7.80. The van der Waals surface area contributed by atoms with Gasteiger partial charge in [-0.1, -0.05) is 20.3 Å². The average molecular weight is 259 g/mol. The Balaban J connectivity index is 3.46. The van der Waals surface area contributed by atoms with E-state index in [2.05, 4.69) is 19.2 Å². The Bertz CT molecular complexity index is 207. The lowest BCUT2D eigenvalue weighted by atomic mass is 10.0. The third-order valence-electron chi connectivity index (χ3n) is 3.01. The first-order valence-corrected chi connectivity index (χ1v) is 7.11. The molecule has 0 saturated heterocycles. The molecule has 0 heterocycles. The molecule has 0 bridgehead atoms. The van der Waals surface area contributed by atoms with Gasteiger partial charge in [-0.15, -0.1) is 0 Å². The van der Waals surface area contributed by atoms with Gasteiger partial charge < -0.3 is 15.2 Å². The molecule has 0 aromatic carbocycles. The summed E-state index contributed by atoms with van der Waals surface area (Å²) < 4.78 is 4.87. The number of aliphatic hydroxyl groups is 1. The van der Waals surface area contributed by atoms with Gasteiger partial charge in [-0.05, 0) is 38.6 Å². The van der Waals surface area contributed by atoms with Crippen molar-refractivity contribution >= 4 is 5.97 Å². The molecule has 18 heavy (non-hydrogen) atoms. The van der Waals surface area contributed by atoms with Crippen molar-refractivity contribution in [3.8, 4) is 0 Å². The molecule has 1 unspecified atom stereocenters. The number of hydrogen-bond acceptors (Lipinski definition) is 4.